The number of furan rings is 1. The van der Waals surface area contributed by atoms with Gasteiger partial charge in [-0.3, -0.25) is 10.1 Å². The quantitative estimate of drug-likeness (QED) is 0.696. The van der Waals surface area contributed by atoms with Gasteiger partial charge in [-0.05, 0) is 35.6 Å². The van der Waals surface area contributed by atoms with Crippen molar-refractivity contribution in [2.45, 2.75) is 18.2 Å². The summed E-state index contributed by atoms with van der Waals surface area (Å²) >= 11 is 1.79. The fourth-order valence-corrected chi connectivity index (χ4v) is 2.65. The van der Waals surface area contributed by atoms with E-state index in [1.54, 1.807) is 23.9 Å². The highest BCUT2D eigenvalue weighted by Crippen LogP contribution is 2.19. The van der Waals surface area contributed by atoms with Crippen LogP contribution < -0.4 is 5.32 Å². The third-order valence-electron chi connectivity index (χ3n) is 3.02. The van der Waals surface area contributed by atoms with Crippen molar-refractivity contribution in [2.75, 3.05) is 11.1 Å². The first-order chi connectivity index (χ1) is 11.2. The highest BCUT2D eigenvalue weighted by molar-refractivity contribution is 7.99. The van der Waals surface area contributed by atoms with Crippen LogP contribution in [0.2, 0.25) is 0 Å². The molecule has 0 aliphatic carbocycles. The van der Waals surface area contributed by atoms with Gasteiger partial charge in [0.15, 0.2) is 5.76 Å². The molecule has 2 aromatic heterocycles. The van der Waals surface area contributed by atoms with Gasteiger partial charge < -0.3 is 8.83 Å². The Morgan fingerprint density at radius 2 is 2.04 bits per heavy atom. The minimum Gasteiger partial charge on any atom is -0.459 e. The molecule has 1 amide bonds. The number of carbonyl (C=O) groups excluding carboxylic acids is 1. The molecule has 1 N–H and O–H groups in total. The van der Waals surface area contributed by atoms with Crippen molar-refractivity contribution in [1.82, 2.24) is 10.2 Å². The van der Waals surface area contributed by atoms with Gasteiger partial charge in [0, 0.05) is 4.90 Å². The van der Waals surface area contributed by atoms with Crippen molar-refractivity contribution in [1.29, 1.82) is 0 Å². The maximum atomic E-state index is 11.8. The van der Waals surface area contributed by atoms with Gasteiger partial charge in [-0.1, -0.05) is 24.2 Å². The lowest BCUT2D eigenvalue weighted by Gasteiger charge is -2.00. The monoisotopic (exact) mass is 329 g/mol. The molecule has 3 rings (SSSR count). The molecule has 1 aromatic carbocycles. The summed E-state index contributed by atoms with van der Waals surface area (Å²) in [5, 5.41) is 10.3. The van der Waals surface area contributed by atoms with E-state index in [9.17, 15) is 4.79 Å². The second-order valence-corrected chi connectivity index (χ2v) is 6.02. The summed E-state index contributed by atoms with van der Waals surface area (Å²) < 4.78 is 10.4. The third-order valence-corrected chi connectivity index (χ3v) is 3.92. The number of hydrogen-bond acceptors (Lipinski definition) is 6. The van der Waals surface area contributed by atoms with Gasteiger partial charge in [-0.2, -0.15) is 0 Å². The molecule has 23 heavy (non-hydrogen) atoms. The zero-order valence-electron chi connectivity index (χ0n) is 12.5. The number of rotatable bonds is 6. The fourth-order valence-electron chi connectivity index (χ4n) is 1.99. The zero-order chi connectivity index (χ0) is 16.1. The summed E-state index contributed by atoms with van der Waals surface area (Å²) in [5.74, 6) is 1.25. The fraction of sp³-hybridized carbons (Fsp3) is 0.188. The Hall–Kier alpha value is -2.54. The Kier molecular flexibility index (Phi) is 4.77. The Morgan fingerprint density at radius 1 is 1.22 bits per heavy atom. The first-order valence-corrected chi connectivity index (χ1v) is 8.12. The van der Waals surface area contributed by atoms with Crippen molar-refractivity contribution in [3.8, 4) is 0 Å². The lowest BCUT2D eigenvalue weighted by molar-refractivity contribution is 0.0993. The van der Waals surface area contributed by atoms with Crippen molar-refractivity contribution < 1.29 is 13.6 Å². The third kappa shape index (κ3) is 4.01. The number of benzene rings is 1. The normalized spacial score (nSPS) is 10.7. The largest absolute Gasteiger partial charge is 0.459 e. The lowest BCUT2D eigenvalue weighted by atomic mass is 10.1. The molecule has 0 aliphatic heterocycles. The van der Waals surface area contributed by atoms with Gasteiger partial charge in [-0.15, -0.1) is 16.9 Å². The van der Waals surface area contributed by atoms with Crippen LogP contribution in [0.4, 0.5) is 6.01 Å². The second-order valence-electron chi connectivity index (χ2n) is 4.69. The number of hydrogen-bond donors (Lipinski definition) is 1. The van der Waals surface area contributed by atoms with Crippen molar-refractivity contribution in [3.63, 3.8) is 0 Å². The molecule has 6 nitrogen and oxygen atoms in total. The molecule has 0 bridgehead atoms. The average molecular weight is 329 g/mol. The number of thioether (sulfide) groups is 1. The van der Waals surface area contributed by atoms with Gasteiger partial charge in [0.05, 0.1) is 12.7 Å². The minimum atomic E-state index is -0.425. The molecule has 0 aliphatic rings. The van der Waals surface area contributed by atoms with Gasteiger partial charge in [0.1, 0.15) is 0 Å². The van der Waals surface area contributed by atoms with Crippen LogP contribution in [0.15, 0.2) is 56.4 Å². The number of nitrogens with one attached hydrogen (secondary N) is 1. The van der Waals surface area contributed by atoms with Crippen molar-refractivity contribution in [3.05, 3.63) is 59.9 Å². The van der Waals surface area contributed by atoms with E-state index >= 15 is 0 Å². The smallest absolute Gasteiger partial charge is 0.322 e. The maximum absolute atomic E-state index is 11.8. The Balaban J connectivity index is 1.61. The maximum Gasteiger partial charge on any atom is 0.322 e. The van der Waals surface area contributed by atoms with E-state index < -0.39 is 5.91 Å². The molecular weight excluding hydrogens is 314 g/mol. The molecule has 2 heterocycles. The van der Waals surface area contributed by atoms with E-state index in [-0.39, 0.29) is 11.8 Å². The van der Waals surface area contributed by atoms with Gasteiger partial charge in [-0.25, -0.2) is 0 Å². The van der Waals surface area contributed by atoms with Gasteiger partial charge >= 0.3 is 6.01 Å². The first-order valence-electron chi connectivity index (χ1n) is 7.13. The van der Waals surface area contributed by atoms with Crippen LogP contribution >= 0.6 is 11.8 Å². The SMILES string of the molecule is CCSc1ccc(Cc2nnc(NC(=O)c3ccco3)o2)cc1. The molecule has 3 aromatic rings. The minimum absolute atomic E-state index is 0.0551. The molecule has 0 radical (unpaired) electrons. The molecule has 118 valence electrons. The number of carbonyl (C=O) groups is 1. The van der Waals surface area contributed by atoms with Crippen LogP contribution in [0.3, 0.4) is 0 Å². The second kappa shape index (κ2) is 7.15. The predicted octanol–water partition coefficient (Wildman–Crippen LogP) is 3.62. The Morgan fingerprint density at radius 3 is 2.74 bits per heavy atom. The summed E-state index contributed by atoms with van der Waals surface area (Å²) in [4.78, 5) is 13.0. The molecule has 0 unspecified atom stereocenters. The number of nitrogens with zero attached hydrogens (tertiary/aromatic N) is 2. The molecule has 0 saturated carbocycles. The summed E-state index contributed by atoms with van der Waals surface area (Å²) in [5.41, 5.74) is 1.07. The predicted molar refractivity (Wildman–Crippen MR) is 86.6 cm³/mol. The average Bonchev–Trinajstić information content (AvgIpc) is 3.21. The number of amides is 1. The Labute approximate surface area is 137 Å². The molecule has 0 spiro atoms. The van der Waals surface area contributed by atoms with Crippen LogP contribution in [0.1, 0.15) is 28.9 Å². The van der Waals surface area contributed by atoms with Crippen LogP contribution in [-0.2, 0) is 6.42 Å². The number of anilines is 1. The lowest BCUT2D eigenvalue weighted by Crippen LogP contribution is -2.10. The molecule has 7 heteroatoms. The zero-order valence-corrected chi connectivity index (χ0v) is 13.3. The highest BCUT2D eigenvalue weighted by Gasteiger charge is 2.13. The van der Waals surface area contributed by atoms with Crippen molar-refractivity contribution >= 4 is 23.7 Å². The molecule has 0 saturated heterocycles. The van der Waals surface area contributed by atoms with Crippen LogP contribution in [0.25, 0.3) is 0 Å². The van der Waals surface area contributed by atoms with Gasteiger partial charge in [0.2, 0.25) is 5.89 Å². The highest BCUT2D eigenvalue weighted by atomic mass is 32.2. The van der Waals surface area contributed by atoms with E-state index in [1.807, 2.05) is 12.1 Å². The molecular formula is C16H15N3O3S. The van der Waals surface area contributed by atoms with E-state index in [0.29, 0.717) is 12.3 Å². The van der Waals surface area contributed by atoms with E-state index in [2.05, 4.69) is 34.6 Å². The molecule has 0 fully saturated rings. The van der Waals surface area contributed by atoms with Gasteiger partial charge in [0.25, 0.3) is 5.91 Å². The van der Waals surface area contributed by atoms with Crippen molar-refractivity contribution in [2.24, 2.45) is 0 Å². The Bertz CT molecular complexity index is 766. The summed E-state index contributed by atoms with van der Waals surface area (Å²) in [6.45, 7) is 2.12. The topological polar surface area (TPSA) is 81.2 Å². The van der Waals surface area contributed by atoms with Crippen LogP contribution in [0.5, 0.6) is 0 Å². The first kappa shape index (κ1) is 15.4. The van der Waals surface area contributed by atoms with E-state index in [1.165, 1.54) is 11.2 Å². The summed E-state index contributed by atoms with van der Waals surface area (Å²) in [6, 6.07) is 11.4. The van der Waals surface area contributed by atoms with E-state index in [0.717, 1.165) is 11.3 Å². The summed E-state index contributed by atoms with van der Waals surface area (Å²) in [7, 11) is 0. The molecule has 0 atom stereocenters. The van der Waals surface area contributed by atoms with E-state index in [4.69, 9.17) is 8.83 Å². The van der Waals surface area contributed by atoms with Crippen LogP contribution in [-0.4, -0.2) is 21.9 Å². The summed E-state index contributed by atoms with van der Waals surface area (Å²) in [6.07, 6.45) is 1.94. The standard InChI is InChI=1S/C16H15N3O3S/c1-2-23-12-7-5-11(6-8-12)10-14-18-19-16(22-14)17-15(20)13-4-3-9-21-13/h3-9H,2,10H2,1H3,(H,17,19,20). The van der Waals surface area contributed by atoms with Crippen LogP contribution in [0, 0.1) is 0 Å². The number of aromatic nitrogens is 2.